The molecule has 24 heavy (non-hydrogen) atoms. The number of hydrogen-bond donors (Lipinski definition) is 1. The molecule has 0 bridgehead atoms. The zero-order valence-corrected chi connectivity index (χ0v) is 14.8. The van der Waals surface area contributed by atoms with Crippen LogP contribution in [0.15, 0.2) is 36.4 Å². The van der Waals surface area contributed by atoms with E-state index in [4.69, 9.17) is 25.8 Å². The molecule has 2 rings (SSSR count). The predicted molar refractivity (Wildman–Crippen MR) is 93.4 cm³/mol. The second kappa shape index (κ2) is 7.93. The molecule has 0 aliphatic rings. The van der Waals surface area contributed by atoms with Gasteiger partial charge in [-0.2, -0.15) is 0 Å². The lowest BCUT2D eigenvalue weighted by molar-refractivity contribution is 0.0937. The van der Waals surface area contributed by atoms with Crippen molar-refractivity contribution in [2.75, 3.05) is 21.3 Å². The normalized spacial score (nSPS) is 11.5. The summed E-state index contributed by atoms with van der Waals surface area (Å²) in [5.41, 5.74) is 1.28. The minimum absolute atomic E-state index is 0.235. The van der Waals surface area contributed by atoms with E-state index >= 15 is 0 Å². The molecule has 1 atom stereocenters. The Morgan fingerprint density at radius 3 is 2.21 bits per heavy atom. The quantitative estimate of drug-likeness (QED) is 0.860. The van der Waals surface area contributed by atoms with Crippen molar-refractivity contribution in [3.8, 4) is 17.2 Å². The topological polar surface area (TPSA) is 56.8 Å². The maximum Gasteiger partial charge on any atom is 0.255 e. The summed E-state index contributed by atoms with van der Waals surface area (Å²) in [5, 5.41) is 3.40. The summed E-state index contributed by atoms with van der Waals surface area (Å²) in [6.07, 6.45) is 0. The monoisotopic (exact) mass is 349 g/mol. The molecule has 0 spiro atoms. The number of benzene rings is 2. The van der Waals surface area contributed by atoms with E-state index < -0.39 is 0 Å². The number of nitrogens with one attached hydrogen (secondary N) is 1. The summed E-state index contributed by atoms with van der Waals surface area (Å²) in [6, 6.07) is 10.2. The molecule has 1 N–H and O–H groups in total. The molecule has 0 heterocycles. The first kappa shape index (κ1) is 17.9. The summed E-state index contributed by atoms with van der Waals surface area (Å²) in [4.78, 5) is 12.5. The van der Waals surface area contributed by atoms with Gasteiger partial charge in [0.15, 0.2) is 11.5 Å². The number of hydrogen-bond acceptors (Lipinski definition) is 4. The van der Waals surface area contributed by atoms with Crippen LogP contribution >= 0.6 is 11.6 Å². The zero-order valence-electron chi connectivity index (χ0n) is 14.1. The second-order valence-corrected chi connectivity index (χ2v) is 5.59. The van der Waals surface area contributed by atoms with Crippen LogP contribution in [0.2, 0.25) is 5.02 Å². The van der Waals surface area contributed by atoms with Crippen molar-refractivity contribution in [3.63, 3.8) is 0 Å². The fourth-order valence-corrected chi connectivity index (χ4v) is 2.51. The van der Waals surface area contributed by atoms with Gasteiger partial charge in [0, 0.05) is 5.02 Å². The van der Waals surface area contributed by atoms with Crippen LogP contribution in [-0.2, 0) is 0 Å². The Morgan fingerprint density at radius 2 is 1.58 bits per heavy atom. The molecule has 1 amide bonds. The lowest BCUT2D eigenvalue weighted by atomic mass is 10.1. The number of carbonyl (C=O) groups excluding carboxylic acids is 1. The Kier molecular flexibility index (Phi) is 5.93. The second-order valence-electron chi connectivity index (χ2n) is 5.15. The molecule has 0 radical (unpaired) electrons. The average Bonchev–Trinajstić information content (AvgIpc) is 2.60. The molecule has 0 aromatic heterocycles. The van der Waals surface area contributed by atoms with Crippen LogP contribution in [-0.4, -0.2) is 27.2 Å². The number of rotatable bonds is 6. The van der Waals surface area contributed by atoms with E-state index in [1.165, 1.54) is 7.11 Å². The minimum Gasteiger partial charge on any atom is -0.496 e. The summed E-state index contributed by atoms with van der Waals surface area (Å²) in [6.45, 7) is 1.89. The summed E-state index contributed by atoms with van der Waals surface area (Å²) >= 11 is 5.98. The summed E-state index contributed by atoms with van der Waals surface area (Å²) < 4.78 is 15.7. The van der Waals surface area contributed by atoms with Gasteiger partial charge in [0.25, 0.3) is 5.91 Å². The molecule has 128 valence electrons. The van der Waals surface area contributed by atoms with Gasteiger partial charge in [-0.05, 0) is 42.8 Å². The highest BCUT2D eigenvalue weighted by molar-refractivity contribution is 6.31. The van der Waals surface area contributed by atoms with Gasteiger partial charge in [0.2, 0.25) is 0 Å². The Balaban J connectivity index is 2.22. The highest BCUT2D eigenvalue weighted by Crippen LogP contribution is 2.30. The first-order chi connectivity index (χ1) is 11.5. The van der Waals surface area contributed by atoms with Gasteiger partial charge in [-0.15, -0.1) is 0 Å². The Bertz CT molecular complexity index is 733. The van der Waals surface area contributed by atoms with Gasteiger partial charge < -0.3 is 19.5 Å². The van der Waals surface area contributed by atoms with Crippen LogP contribution in [0.1, 0.15) is 28.9 Å². The third kappa shape index (κ3) is 3.92. The van der Waals surface area contributed by atoms with Crippen LogP contribution in [0, 0.1) is 0 Å². The largest absolute Gasteiger partial charge is 0.496 e. The van der Waals surface area contributed by atoms with E-state index in [1.807, 2.05) is 19.1 Å². The molecular weight excluding hydrogens is 330 g/mol. The van der Waals surface area contributed by atoms with Gasteiger partial charge in [-0.1, -0.05) is 17.7 Å². The van der Waals surface area contributed by atoms with Gasteiger partial charge in [-0.25, -0.2) is 0 Å². The number of halogens is 1. The average molecular weight is 350 g/mol. The fourth-order valence-electron chi connectivity index (χ4n) is 2.34. The highest BCUT2D eigenvalue weighted by atomic mass is 35.5. The fraction of sp³-hybridized carbons (Fsp3) is 0.278. The third-order valence-corrected chi connectivity index (χ3v) is 3.90. The van der Waals surface area contributed by atoms with Crippen molar-refractivity contribution < 1.29 is 19.0 Å². The molecule has 0 fully saturated rings. The van der Waals surface area contributed by atoms with Gasteiger partial charge >= 0.3 is 0 Å². The maximum atomic E-state index is 12.5. The van der Waals surface area contributed by atoms with E-state index in [0.717, 1.165) is 5.56 Å². The number of methoxy groups -OCH3 is 3. The highest BCUT2D eigenvalue weighted by Gasteiger charge is 2.17. The summed E-state index contributed by atoms with van der Waals surface area (Å²) in [7, 11) is 4.66. The number of amides is 1. The van der Waals surface area contributed by atoms with Crippen LogP contribution in [0.3, 0.4) is 0 Å². The van der Waals surface area contributed by atoms with Crippen molar-refractivity contribution in [3.05, 3.63) is 52.5 Å². The molecule has 2 aromatic rings. The van der Waals surface area contributed by atoms with E-state index in [1.54, 1.807) is 38.5 Å². The van der Waals surface area contributed by atoms with E-state index in [2.05, 4.69) is 5.32 Å². The lowest BCUT2D eigenvalue weighted by Gasteiger charge is -2.17. The molecule has 0 saturated carbocycles. The van der Waals surface area contributed by atoms with Crippen molar-refractivity contribution in [2.45, 2.75) is 13.0 Å². The third-order valence-electron chi connectivity index (χ3n) is 3.66. The van der Waals surface area contributed by atoms with Crippen molar-refractivity contribution in [2.24, 2.45) is 0 Å². The number of carbonyl (C=O) groups is 1. The SMILES string of the molecule is COc1ccc(C(C)NC(=O)c2cc(Cl)ccc2OC)cc1OC. The molecular formula is C18H20ClNO4. The van der Waals surface area contributed by atoms with Crippen LogP contribution in [0.5, 0.6) is 17.2 Å². The molecule has 5 nitrogen and oxygen atoms in total. The van der Waals surface area contributed by atoms with Crippen molar-refractivity contribution in [1.29, 1.82) is 0 Å². The maximum absolute atomic E-state index is 12.5. The number of ether oxygens (including phenoxy) is 3. The Labute approximate surface area is 146 Å². The molecule has 2 aromatic carbocycles. The van der Waals surface area contributed by atoms with Crippen LogP contribution < -0.4 is 19.5 Å². The smallest absolute Gasteiger partial charge is 0.255 e. The van der Waals surface area contributed by atoms with Gasteiger partial charge in [0.05, 0.1) is 32.9 Å². The van der Waals surface area contributed by atoms with Gasteiger partial charge in [-0.3, -0.25) is 4.79 Å². The molecule has 0 aliphatic heterocycles. The molecule has 0 saturated heterocycles. The Morgan fingerprint density at radius 1 is 0.958 bits per heavy atom. The molecule has 1 unspecified atom stereocenters. The minimum atomic E-state index is -0.267. The predicted octanol–water partition coefficient (Wildman–Crippen LogP) is 3.86. The van der Waals surface area contributed by atoms with Crippen LogP contribution in [0.25, 0.3) is 0 Å². The zero-order chi connectivity index (χ0) is 17.7. The first-order valence-electron chi connectivity index (χ1n) is 7.36. The standard InChI is InChI=1S/C18H20ClNO4/c1-11(12-5-7-16(23-3)17(9-12)24-4)20-18(21)14-10-13(19)6-8-15(14)22-2/h5-11H,1-4H3,(H,20,21). The lowest BCUT2D eigenvalue weighted by Crippen LogP contribution is -2.27. The molecule has 6 heteroatoms. The summed E-state index contributed by atoms with van der Waals surface area (Å²) in [5.74, 6) is 1.45. The van der Waals surface area contributed by atoms with Crippen LogP contribution in [0.4, 0.5) is 0 Å². The molecule has 0 aliphatic carbocycles. The Hall–Kier alpha value is -2.40. The van der Waals surface area contributed by atoms with E-state index in [0.29, 0.717) is 27.8 Å². The van der Waals surface area contributed by atoms with E-state index in [-0.39, 0.29) is 11.9 Å². The van der Waals surface area contributed by atoms with Crippen molar-refractivity contribution >= 4 is 17.5 Å². The van der Waals surface area contributed by atoms with Gasteiger partial charge in [0.1, 0.15) is 5.75 Å². The first-order valence-corrected chi connectivity index (χ1v) is 7.74. The van der Waals surface area contributed by atoms with Crippen molar-refractivity contribution in [1.82, 2.24) is 5.32 Å². The van der Waals surface area contributed by atoms with E-state index in [9.17, 15) is 4.79 Å².